The molecule has 0 spiro atoms. The second-order valence-corrected chi connectivity index (χ2v) is 18.6. The van der Waals surface area contributed by atoms with Gasteiger partial charge in [0, 0.05) is 36.2 Å². The molecule has 10 rings (SSSR count). The van der Waals surface area contributed by atoms with Crippen LogP contribution in [0, 0.1) is 24.8 Å². The van der Waals surface area contributed by atoms with Gasteiger partial charge < -0.3 is 4.98 Å². The predicted octanol–water partition coefficient (Wildman–Crippen LogP) is 14.4. The van der Waals surface area contributed by atoms with E-state index in [0.29, 0.717) is 23.1 Å². The third-order valence-corrected chi connectivity index (χ3v) is 14.3. The van der Waals surface area contributed by atoms with E-state index >= 15 is 0 Å². The summed E-state index contributed by atoms with van der Waals surface area (Å²) in [5.74, 6) is 1.28. The summed E-state index contributed by atoms with van der Waals surface area (Å²) in [5.41, 5.74) is 13.7. The molecule has 3 nitrogen and oxygen atoms in total. The van der Waals surface area contributed by atoms with Crippen LogP contribution in [0.4, 0.5) is 4.39 Å². The summed E-state index contributed by atoms with van der Waals surface area (Å²) in [4.78, 5) is 9.43. The summed E-state index contributed by atoms with van der Waals surface area (Å²) >= 11 is -0.663. The Bertz CT molecular complexity index is 3190. The zero-order valence-corrected chi connectivity index (χ0v) is 38.9. The summed E-state index contributed by atoms with van der Waals surface area (Å²) < 4.78 is 39.7. The molecule has 0 fully saturated rings. The average Bonchev–Trinajstić information content (AvgIpc) is 3.88. The van der Waals surface area contributed by atoms with Crippen molar-refractivity contribution < 1.29 is 28.6 Å². The van der Waals surface area contributed by atoms with Crippen molar-refractivity contribution in [3.63, 3.8) is 0 Å². The van der Waals surface area contributed by atoms with Gasteiger partial charge in [-0.3, -0.25) is 4.39 Å². The molecule has 0 aliphatic rings. The van der Waals surface area contributed by atoms with Crippen molar-refractivity contribution in [1.29, 1.82) is 0 Å². The van der Waals surface area contributed by atoms with Crippen LogP contribution in [0.1, 0.15) is 60.3 Å². The average molecular weight is 1090 g/mol. The van der Waals surface area contributed by atoms with Gasteiger partial charge in [0.2, 0.25) is 0 Å². The number of fused-ring (bicyclic) bond motifs is 4. The number of para-hydroxylation sites is 2. The van der Waals surface area contributed by atoms with E-state index < -0.39 is 27.3 Å². The molecule has 0 aliphatic heterocycles. The first-order valence-electron chi connectivity index (χ1n) is 21.7. The fourth-order valence-corrected chi connectivity index (χ4v) is 11.4. The van der Waals surface area contributed by atoms with Crippen LogP contribution in [0.25, 0.3) is 79.2 Å². The van der Waals surface area contributed by atoms with E-state index in [9.17, 15) is 4.39 Å². The van der Waals surface area contributed by atoms with Crippen molar-refractivity contribution in [1.82, 2.24) is 14.5 Å². The fourth-order valence-electron chi connectivity index (χ4n) is 7.87. The van der Waals surface area contributed by atoms with Crippen LogP contribution in [0.2, 0.25) is 0 Å². The van der Waals surface area contributed by atoms with E-state index in [0.717, 1.165) is 22.4 Å². The van der Waals surface area contributed by atoms with Gasteiger partial charge in [0.15, 0.2) is 0 Å². The monoisotopic (exact) mass is 1090 g/mol. The van der Waals surface area contributed by atoms with E-state index in [4.69, 9.17) is 9.10 Å². The maximum absolute atomic E-state index is 12.7. The Labute approximate surface area is 385 Å². The fraction of sp³-hybridized carbons (Fsp3) is 0.127. The zero-order chi connectivity index (χ0) is 43.8. The number of pyridine rings is 1. The Kier molecular flexibility index (Phi) is 11.5. The maximum atomic E-state index is 12.7. The largest absolute Gasteiger partial charge is 0.304 e. The van der Waals surface area contributed by atoms with Gasteiger partial charge >= 0.3 is 282 Å². The van der Waals surface area contributed by atoms with Crippen LogP contribution < -0.4 is 0 Å². The zero-order valence-electron chi connectivity index (χ0n) is 37.2. The van der Waals surface area contributed by atoms with Crippen LogP contribution in [0.5, 0.6) is 0 Å². The first-order chi connectivity index (χ1) is 30.4. The number of halogens is 1. The number of nitrogens with zero attached hydrogens (tertiary/aromatic N) is 3. The number of benzene rings is 7. The molecule has 0 aliphatic carbocycles. The first kappa shape index (κ1) is 38.5. The number of hydrogen-bond acceptors (Lipinski definition) is 2. The van der Waals surface area contributed by atoms with Crippen molar-refractivity contribution in [2.45, 2.75) is 46.4 Å². The Hall–Kier alpha value is -5.47. The molecule has 10 aromatic rings. The van der Waals surface area contributed by atoms with E-state index in [1.165, 1.54) is 81.0 Å². The molecule has 303 valence electrons. The van der Waals surface area contributed by atoms with Crippen LogP contribution in [0.15, 0.2) is 164 Å². The molecular formula is C55H44FIrN3Te-2. The van der Waals surface area contributed by atoms with E-state index in [1.807, 2.05) is 0 Å². The molecule has 6 heteroatoms. The molecule has 0 unspecified atom stereocenters. The number of aryl methyl sites for hydroxylation is 1. The van der Waals surface area contributed by atoms with Gasteiger partial charge in [-0.15, -0.1) is 29.8 Å². The van der Waals surface area contributed by atoms with Crippen LogP contribution in [0.3, 0.4) is 0 Å². The minimum Gasteiger partial charge on any atom is -0.304 e. The quantitative estimate of drug-likeness (QED) is 0.118. The summed E-state index contributed by atoms with van der Waals surface area (Å²) in [6.07, 6.45) is 1.31. The molecule has 0 atom stereocenters. The summed E-state index contributed by atoms with van der Waals surface area (Å²) in [7, 11) is 0. The molecule has 7 aromatic carbocycles. The smallest absolute Gasteiger partial charge is 0.0379 e. The van der Waals surface area contributed by atoms with E-state index in [-0.39, 0.29) is 31.5 Å². The summed E-state index contributed by atoms with van der Waals surface area (Å²) in [6.45, 7) is 7.11. The molecule has 1 radical (unpaired) electrons. The number of hydrogen-bond donors (Lipinski definition) is 0. The molecule has 0 N–H and O–H groups in total. The Morgan fingerprint density at radius 2 is 1.36 bits per heavy atom. The van der Waals surface area contributed by atoms with Gasteiger partial charge in [0.1, 0.15) is 0 Å². The molecule has 61 heavy (non-hydrogen) atoms. The van der Waals surface area contributed by atoms with Gasteiger partial charge in [-0.25, -0.2) is 0 Å². The molecule has 0 bridgehead atoms. The van der Waals surface area contributed by atoms with E-state index in [2.05, 4.69) is 177 Å². The van der Waals surface area contributed by atoms with Crippen molar-refractivity contribution >= 4 is 49.0 Å². The van der Waals surface area contributed by atoms with Crippen LogP contribution >= 0.6 is 0 Å². The Morgan fingerprint density at radius 3 is 2.00 bits per heavy atom. The standard InChI is InChI=1S/C43H35N2Te.C12H9FN.Ir/c1-27(2)36-24-32(30-16-9-6-10-17-30)25-37(28(3)4)41(36)45-39-21-12-11-20-38(39)44-43(45)35-19-13-18-34-33-23-22-31(26-40(33)46-42(34)35)29-14-7-5-8-15-29;1-9-2-7-12(14-8-9)10-3-5-11(13)6-4-10;/h5-18,20-28H,1-4H3;2-3,5-8H,1H3;/q2*-1;/i;1D3;. The minimum absolute atomic E-state index is 0. The topological polar surface area (TPSA) is 30.7 Å². The molecule has 0 saturated heterocycles. The van der Waals surface area contributed by atoms with Crippen molar-refractivity contribution in [3.8, 4) is 50.6 Å². The van der Waals surface area contributed by atoms with Crippen molar-refractivity contribution in [2.75, 3.05) is 0 Å². The third kappa shape index (κ3) is 8.57. The molecule has 3 heterocycles. The Morgan fingerprint density at radius 1 is 0.672 bits per heavy atom. The van der Waals surface area contributed by atoms with Crippen LogP contribution in [-0.4, -0.2) is 35.0 Å². The summed E-state index contributed by atoms with van der Waals surface area (Å²) in [6, 6.07) is 60.0. The Balaban J connectivity index is 0.000000262. The second kappa shape index (κ2) is 18.2. The van der Waals surface area contributed by atoms with Gasteiger partial charge in [-0.1, -0.05) is 12.1 Å². The summed E-state index contributed by atoms with van der Waals surface area (Å²) in [5, 5.41) is 2.71. The maximum Gasteiger partial charge on any atom is 0.0379 e. The van der Waals surface area contributed by atoms with Crippen LogP contribution in [-0.2, 0) is 20.1 Å². The number of rotatable bonds is 7. The number of aromatic nitrogens is 3. The van der Waals surface area contributed by atoms with E-state index in [1.54, 1.807) is 12.1 Å². The second-order valence-electron chi connectivity index (χ2n) is 15.6. The minimum atomic E-state index is -2.15. The molecule has 0 amide bonds. The SMILES string of the molecule is CC(C)c1cc(-c2ccccc2)cc(C(C)C)c1-n1c(-c2[c-]ccc3c2[te]c2cc(-c4ccccc4)ccc23)nc2ccccc21.[2H]C([2H])([2H])c1ccc(-c2[c-]cc(F)cc2)nc1.[Ir]. The van der Waals surface area contributed by atoms with Gasteiger partial charge in [-0.2, -0.15) is 0 Å². The first-order valence-corrected chi connectivity index (χ1v) is 22.6. The third-order valence-electron chi connectivity index (χ3n) is 10.9. The van der Waals surface area contributed by atoms with Gasteiger partial charge in [-0.05, 0) is 18.1 Å². The van der Waals surface area contributed by atoms with Crippen molar-refractivity contribution in [3.05, 3.63) is 199 Å². The predicted molar refractivity (Wildman–Crippen MR) is 250 cm³/mol. The molecule has 3 aromatic heterocycles. The number of imidazole rings is 1. The van der Waals surface area contributed by atoms with Gasteiger partial charge in [0.05, 0.1) is 0 Å². The van der Waals surface area contributed by atoms with Gasteiger partial charge in [0.25, 0.3) is 0 Å². The normalized spacial score (nSPS) is 12.2. The molecular weight excluding hydrogens is 1040 g/mol. The van der Waals surface area contributed by atoms with Crippen molar-refractivity contribution in [2.24, 2.45) is 0 Å². The molecule has 0 saturated carbocycles.